The number of aryl methyl sites for hydroxylation is 1. The van der Waals surface area contributed by atoms with Crippen molar-refractivity contribution >= 4 is 5.91 Å². The van der Waals surface area contributed by atoms with Gasteiger partial charge in [0.2, 0.25) is 0 Å². The first-order valence-electron chi connectivity index (χ1n) is 9.09. The van der Waals surface area contributed by atoms with E-state index in [0.717, 1.165) is 22.6 Å². The molecule has 0 fully saturated rings. The predicted octanol–water partition coefficient (Wildman–Crippen LogP) is 3.68. The van der Waals surface area contributed by atoms with Crippen molar-refractivity contribution in [3.05, 3.63) is 78.3 Å². The van der Waals surface area contributed by atoms with Gasteiger partial charge in [-0.1, -0.05) is 18.2 Å². The van der Waals surface area contributed by atoms with Gasteiger partial charge in [-0.15, -0.1) is 0 Å². The average Bonchev–Trinajstić information content (AvgIpc) is 3.42. The van der Waals surface area contributed by atoms with E-state index in [1.165, 1.54) is 0 Å². The van der Waals surface area contributed by atoms with Crippen LogP contribution in [0.4, 0.5) is 0 Å². The maximum Gasteiger partial charge on any atom is 0.269 e. The highest BCUT2D eigenvalue weighted by molar-refractivity contribution is 5.93. The summed E-state index contributed by atoms with van der Waals surface area (Å²) in [5, 5.41) is 7.36. The standard InChI is InChI=1S/C22H20N4O3/c1-26-20(12-19(25-26)16-5-3-6-17(11-16)28-2)22(27)24-14-15-8-9-18(23-13-15)21-7-4-10-29-21/h3-13H,14H2,1-2H3,(H,24,27). The molecule has 0 radical (unpaired) electrons. The first-order chi connectivity index (χ1) is 14.1. The predicted molar refractivity (Wildman–Crippen MR) is 108 cm³/mol. The number of furan rings is 1. The summed E-state index contributed by atoms with van der Waals surface area (Å²) >= 11 is 0. The summed E-state index contributed by atoms with van der Waals surface area (Å²) in [6.45, 7) is 0.365. The second kappa shape index (κ2) is 8.02. The van der Waals surface area contributed by atoms with Crippen molar-refractivity contribution < 1.29 is 13.9 Å². The zero-order valence-electron chi connectivity index (χ0n) is 16.1. The number of hydrogen-bond acceptors (Lipinski definition) is 5. The number of benzene rings is 1. The van der Waals surface area contributed by atoms with E-state index < -0.39 is 0 Å². The van der Waals surface area contributed by atoms with Crippen LogP contribution in [0.1, 0.15) is 16.1 Å². The van der Waals surface area contributed by atoms with E-state index in [1.807, 2.05) is 48.5 Å². The largest absolute Gasteiger partial charge is 0.497 e. The molecule has 0 bridgehead atoms. The van der Waals surface area contributed by atoms with Crippen LogP contribution in [0.5, 0.6) is 5.75 Å². The molecular weight excluding hydrogens is 368 g/mol. The molecule has 1 amide bonds. The molecule has 7 nitrogen and oxygen atoms in total. The molecule has 3 aromatic heterocycles. The first-order valence-corrected chi connectivity index (χ1v) is 9.09. The lowest BCUT2D eigenvalue weighted by Gasteiger charge is -2.05. The van der Waals surface area contributed by atoms with Crippen molar-refractivity contribution in [3.8, 4) is 28.5 Å². The van der Waals surface area contributed by atoms with Crippen molar-refractivity contribution in [1.82, 2.24) is 20.1 Å². The summed E-state index contributed by atoms with van der Waals surface area (Å²) < 4.78 is 12.2. The lowest BCUT2D eigenvalue weighted by atomic mass is 10.1. The molecule has 146 valence electrons. The number of nitrogens with zero attached hydrogens (tertiary/aromatic N) is 3. The molecule has 0 saturated carbocycles. The minimum atomic E-state index is -0.204. The summed E-state index contributed by atoms with van der Waals surface area (Å²) in [6.07, 6.45) is 3.34. The normalized spacial score (nSPS) is 10.7. The quantitative estimate of drug-likeness (QED) is 0.545. The van der Waals surface area contributed by atoms with E-state index >= 15 is 0 Å². The third-order valence-electron chi connectivity index (χ3n) is 4.53. The van der Waals surface area contributed by atoms with Crippen LogP contribution in [-0.2, 0) is 13.6 Å². The number of nitrogens with one attached hydrogen (secondary N) is 1. The van der Waals surface area contributed by atoms with Crippen LogP contribution in [0, 0.1) is 0 Å². The Hall–Kier alpha value is -3.87. The number of methoxy groups -OCH3 is 1. The topological polar surface area (TPSA) is 82.2 Å². The maximum atomic E-state index is 12.6. The molecule has 0 saturated heterocycles. The van der Waals surface area contributed by atoms with E-state index in [2.05, 4.69) is 15.4 Å². The number of ether oxygens (including phenoxy) is 1. The van der Waals surface area contributed by atoms with Crippen molar-refractivity contribution in [1.29, 1.82) is 0 Å². The van der Waals surface area contributed by atoms with E-state index in [1.54, 1.807) is 37.4 Å². The second-order valence-corrected chi connectivity index (χ2v) is 6.48. The van der Waals surface area contributed by atoms with Gasteiger partial charge in [0.05, 0.1) is 19.1 Å². The highest BCUT2D eigenvalue weighted by Gasteiger charge is 2.14. The molecule has 4 rings (SSSR count). The van der Waals surface area contributed by atoms with Crippen LogP contribution in [0.3, 0.4) is 0 Å². The fourth-order valence-electron chi connectivity index (χ4n) is 2.98. The molecule has 0 atom stereocenters. The van der Waals surface area contributed by atoms with Crippen molar-refractivity contribution in [2.45, 2.75) is 6.54 Å². The lowest BCUT2D eigenvalue weighted by Crippen LogP contribution is -2.25. The van der Waals surface area contributed by atoms with Crippen LogP contribution >= 0.6 is 0 Å². The first kappa shape index (κ1) is 18.5. The zero-order valence-corrected chi connectivity index (χ0v) is 16.1. The molecular formula is C22H20N4O3. The highest BCUT2D eigenvalue weighted by Crippen LogP contribution is 2.23. The lowest BCUT2D eigenvalue weighted by molar-refractivity contribution is 0.0941. The Morgan fingerprint density at radius 3 is 2.76 bits per heavy atom. The summed E-state index contributed by atoms with van der Waals surface area (Å²) in [6, 6.07) is 16.8. The molecule has 4 aromatic rings. The fourth-order valence-corrected chi connectivity index (χ4v) is 2.98. The SMILES string of the molecule is COc1cccc(-c2cc(C(=O)NCc3ccc(-c4ccco4)nc3)n(C)n2)c1. The van der Waals surface area contributed by atoms with Gasteiger partial charge in [0.15, 0.2) is 5.76 Å². The number of carbonyl (C=O) groups excluding carboxylic acids is 1. The van der Waals surface area contributed by atoms with E-state index in [9.17, 15) is 4.79 Å². The fraction of sp³-hybridized carbons (Fsp3) is 0.136. The Labute approximate surface area is 168 Å². The van der Waals surface area contributed by atoms with Crippen molar-refractivity contribution in [3.63, 3.8) is 0 Å². The molecule has 0 aliphatic carbocycles. The Morgan fingerprint density at radius 2 is 2.03 bits per heavy atom. The summed E-state index contributed by atoms with van der Waals surface area (Å²) in [7, 11) is 3.37. The molecule has 1 N–H and O–H groups in total. The summed E-state index contributed by atoms with van der Waals surface area (Å²) in [5.74, 6) is 1.24. The van der Waals surface area contributed by atoms with Gasteiger partial charge < -0.3 is 14.5 Å². The summed E-state index contributed by atoms with van der Waals surface area (Å²) in [4.78, 5) is 17.0. The van der Waals surface area contributed by atoms with Gasteiger partial charge in [-0.25, -0.2) is 0 Å². The van der Waals surface area contributed by atoms with Gasteiger partial charge in [-0.05, 0) is 42.0 Å². The molecule has 0 spiro atoms. The molecule has 0 unspecified atom stereocenters. The van der Waals surface area contributed by atoms with Crippen LogP contribution < -0.4 is 10.1 Å². The molecule has 7 heteroatoms. The molecule has 3 heterocycles. The smallest absolute Gasteiger partial charge is 0.269 e. The van der Waals surface area contributed by atoms with Gasteiger partial charge in [-0.2, -0.15) is 5.10 Å². The van der Waals surface area contributed by atoms with Crippen LogP contribution in [-0.4, -0.2) is 27.8 Å². The van der Waals surface area contributed by atoms with E-state index in [0.29, 0.717) is 23.7 Å². The number of aromatic nitrogens is 3. The third kappa shape index (κ3) is 4.03. The van der Waals surface area contributed by atoms with Crippen LogP contribution in [0.25, 0.3) is 22.7 Å². The number of rotatable bonds is 6. The molecule has 29 heavy (non-hydrogen) atoms. The monoisotopic (exact) mass is 388 g/mol. The molecule has 0 aliphatic heterocycles. The van der Waals surface area contributed by atoms with Crippen LogP contribution in [0.15, 0.2) is 71.5 Å². The highest BCUT2D eigenvalue weighted by atomic mass is 16.5. The van der Waals surface area contributed by atoms with E-state index in [-0.39, 0.29) is 5.91 Å². The summed E-state index contributed by atoms with van der Waals surface area (Å²) in [5.41, 5.74) is 3.71. The van der Waals surface area contributed by atoms with Crippen LogP contribution in [0.2, 0.25) is 0 Å². The van der Waals surface area contributed by atoms with Gasteiger partial charge in [-0.3, -0.25) is 14.5 Å². The van der Waals surface area contributed by atoms with Gasteiger partial charge in [0.1, 0.15) is 17.1 Å². The Kier molecular flexibility index (Phi) is 5.11. The van der Waals surface area contributed by atoms with Crippen molar-refractivity contribution in [2.24, 2.45) is 7.05 Å². The molecule has 0 aliphatic rings. The van der Waals surface area contributed by atoms with Crippen molar-refractivity contribution in [2.75, 3.05) is 7.11 Å². The van der Waals surface area contributed by atoms with Gasteiger partial charge >= 0.3 is 0 Å². The number of carbonyl (C=O) groups is 1. The average molecular weight is 388 g/mol. The van der Waals surface area contributed by atoms with E-state index in [4.69, 9.17) is 9.15 Å². The van der Waals surface area contributed by atoms with Gasteiger partial charge in [0.25, 0.3) is 5.91 Å². The minimum Gasteiger partial charge on any atom is -0.497 e. The Bertz CT molecular complexity index is 1120. The third-order valence-corrected chi connectivity index (χ3v) is 4.53. The van der Waals surface area contributed by atoms with Gasteiger partial charge in [0, 0.05) is 25.4 Å². The number of pyridine rings is 1. The second-order valence-electron chi connectivity index (χ2n) is 6.48. The minimum absolute atomic E-state index is 0.204. The molecule has 1 aromatic carbocycles. The zero-order chi connectivity index (χ0) is 20.2. The maximum absolute atomic E-state index is 12.6. The number of hydrogen-bond donors (Lipinski definition) is 1. The Balaban J connectivity index is 1.44. The Morgan fingerprint density at radius 1 is 1.14 bits per heavy atom. The number of amides is 1.